The highest BCUT2D eigenvalue weighted by Crippen LogP contribution is 2.27. The first-order chi connectivity index (χ1) is 11.8. The van der Waals surface area contributed by atoms with Crippen molar-refractivity contribution in [3.63, 3.8) is 0 Å². The van der Waals surface area contributed by atoms with Crippen molar-refractivity contribution in [2.75, 3.05) is 38.7 Å². The van der Waals surface area contributed by atoms with Crippen molar-refractivity contribution in [1.29, 1.82) is 0 Å². The van der Waals surface area contributed by atoms with E-state index in [4.69, 9.17) is 11.6 Å². The number of halogens is 1. The number of carbonyl (C=O) groups is 2. The quantitative estimate of drug-likeness (QED) is 0.639. The van der Waals surface area contributed by atoms with Gasteiger partial charge >= 0.3 is 5.97 Å². The molecule has 0 radical (unpaired) electrons. The number of hydrogen-bond donors (Lipinski definition) is 1. The Labute approximate surface area is 152 Å². The molecule has 0 atom stereocenters. The molecule has 0 bridgehead atoms. The Morgan fingerprint density at radius 1 is 1.20 bits per heavy atom. The maximum atomic E-state index is 12.6. The van der Waals surface area contributed by atoms with Gasteiger partial charge in [0.2, 0.25) is 10.0 Å². The average molecular weight is 393 g/mol. The first-order valence-corrected chi connectivity index (χ1v) is 9.32. The molecular weight excluding hydrogens is 372 g/mol. The number of carbonyl (C=O) groups excluding carboxylic acids is 2. The fraction of sp³-hybridized carbons (Fsp3) is 0.467. The van der Waals surface area contributed by atoms with Crippen molar-refractivity contribution in [3.05, 3.63) is 23.2 Å². The van der Waals surface area contributed by atoms with Crippen LogP contribution in [0.2, 0.25) is 5.02 Å². The topological polar surface area (TPSA) is 102 Å². The van der Waals surface area contributed by atoms with E-state index in [1.165, 1.54) is 29.6 Å². The number of sulfonamides is 1. The molecule has 0 spiro atoms. The van der Waals surface area contributed by atoms with Gasteiger partial charge in [-0.15, -0.1) is 0 Å². The van der Waals surface area contributed by atoms with Gasteiger partial charge in [0.05, 0.1) is 5.02 Å². The first kappa shape index (κ1) is 21.4. The van der Waals surface area contributed by atoms with Gasteiger partial charge in [-0.3, -0.25) is 4.79 Å². The van der Waals surface area contributed by atoms with E-state index in [0.717, 1.165) is 0 Å². The molecule has 1 rings (SSSR count). The van der Waals surface area contributed by atoms with Gasteiger partial charge in [-0.2, -0.15) is 4.31 Å². The molecule has 0 aromatic heterocycles. The first-order valence-electron chi connectivity index (χ1n) is 7.50. The van der Waals surface area contributed by atoms with E-state index in [-0.39, 0.29) is 22.2 Å². The van der Waals surface area contributed by atoms with Gasteiger partial charge < -0.3 is 14.8 Å². The summed E-state index contributed by atoms with van der Waals surface area (Å²) < 4.78 is 35.7. The Balaban J connectivity index is 2.91. The summed E-state index contributed by atoms with van der Waals surface area (Å²) in [6.07, 6.45) is 0. The second kappa shape index (κ2) is 9.71. The number of rotatable bonds is 9. The summed E-state index contributed by atoms with van der Waals surface area (Å²) in [6, 6.07) is 4.10. The normalized spacial score (nSPS) is 11.4. The van der Waals surface area contributed by atoms with Crippen molar-refractivity contribution in [2.24, 2.45) is 0 Å². The number of amides is 1. The van der Waals surface area contributed by atoms with Gasteiger partial charge in [0.25, 0.3) is 5.91 Å². The number of nitrogens with one attached hydrogen (secondary N) is 1. The summed E-state index contributed by atoms with van der Waals surface area (Å²) in [5.41, 5.74) is 0.225. The highest BCUT2D eigenvalue weighted by molar-refractivity contribution is 7.89. The predicted molar refractivity (Wildman–Crippen MR) is 93.0 cm³/mol. The van der Waals surface area contributed by atoms with Crippen LogP contribution < -0.4 is 5.32 Å². The number of esters is 1. The van der Waals surface area contributed by atoms with Crippen molar-refractivity contribution in [3.8, 4) is 0 Å². The summed E-state index contributed by atoms with van der Waals surface area (Å²) in [6.45, 7) is 3.25. The second-order valence-electron chi connectivity index (χ2n) is 4.88. The summed E-state index contributed by atoms with van der Waals surface area (Å²) in [4.78, 5) is 22.8. The minimum Gasteiger partial charge on any atom is -0.454 e. The number of nitrogens with zero attached hydrogens (tertiary/aromatic N) is 1. The van der Waals surface area contributed by atoms with Crippen LogP contribution in [0.25, 0.3) is 0 Å². The maximum absolute atomic E-state index is 12.6. The third kappa shape index (κ3) is 5.96. The second-order valence-corrected chi connectivity index (χ2v) is 7.19. The van der Waals surface area contributed by atoms with Crippen LogP contribution in [0, 0.1) is 0 Å². The molecule has 0 heterocycles. The van der Waals surface area contributed by atoms with Crippen molar-refractivity contribution >= 4 is 39.2 Å². The molecule has 140 valence electrons. The van der Waals surface area contributed by atoms with Gasteiger partial charge in [-0.1, -0.05) is 25.4 Å². The average Bonchev–Trinajstić information content (AvgIpc) is 2.55. The largest absolute Gasteiger partial charge is 0.454 e. The van der Waals surface area contributed by atoms with Gasteiger partial charge in [-0.25, -0.2) is 13.2 Å². The molecule has 0 unspecified atom stereocenters. The van der Waals surface area contributed by atoms with Crippen LogP contribution in [0.5, 0.6) is 0 Å². The lowest BCUT2D eigenvalue weighted by atomic mass is 10.3. The fourth-order valence-electron chi connectivity index (χ4n) is 1.98. The van der Waals surface area contributed by atoms with Crippen LogP contribution in [0.1, 0.15) is 13.8 Å². The van der Waals surface area contributed by atoms with E-state index in [1.54, 1.807) is 13.8 Å². The molecule has 0 saturated heterocycles. The highest BCUT2D eigenvalue weighted by atomic mass is 35.5. The van der Waals surface area contributed by atoms with Crippen LogP contribution in [0.4, 0.5) is 5.69 Å². The summed E-state index contributed by atoms with van der Waals surface area (Å²) in [5.74, 6) is -1.29. The van der Waals surface area contributed by atoms with E-state index in [1.807, 2.05) is 0 Å². The molecule has 10 heteroatoms. The van der Waals surface area contributed by atoms with Gasteiger partial charge in [0, 0.05) is 25.9 Å². The SMILES string of the molecule is CCN(CC)S(=O)(=O)c1cc(NC(=O)COC(=O)COC)ccc1Cl. The van der Waals surface area contributed by atoms with Gasteiger partial charge in [0.15, 0.2) is 6.61 Å². The van der Waals surface area contributed by atoms with E-state index < -0.39 is 28.5 Å². The number of anilines is 1. The van der Waals surface area contributed by atoms with Crippen LogP contribution in [0.3, 0.4) is 0 Å². The third-order valence-corrected chi connectivity index (χ3v) is 5.70. The molecule has 0 fully saturated rings. The van der Waals surface area contributed by atoms with Gasteiger partial charge in [0.1, 0.15) is 11.5 Å². The molecule has 1 aromatic rings. The molecule has 1 N–H and O–H groups in total. The molecule has 25 heavy (non-hydrogen) atoms. The van der Waals surface area contributed by atoms with E-state index in [0.29, 0.717) is 13.1 Å². The summed E-state index contributed by atoms with van der Waals surface area (Å²) in [5, 5.41) is 2.51. The van der Waals surface area contributed by atoms with E-state index in [2.05, 4.69) is 14.8 Å². The fourth-order valence-corrected chi connectivity index (χ4v) is 3.94. The van der Waals surface area contributed by atoms with Crippen LogP contribution >= 0.6 is 11.6 Å². The Hall–Kier alpha value is -1.68. The smallest absolute Gasteiger partial charge is 0.332 e. The van der Waals surface area contributed by atoms with Crippen molar-refractivity contribution < 1.29 is 27.5 Å². The molecule has 0 aliphatic heterocycles. The minimum absolute atomic E-state index is 0.0522. The molecular formula is C15H21ClN2O6S. The molecule has 1 aromatic carbocycles. The standard InChI is InChI=1S/C15H21ClN2O6S/c1-4-18(5-2)25(21,22)13-8-11(6-7-12(13)16)17-14(19)9-24-15(20)10-23-3/h6-8H,4-5,9-10H2,1-3H3,(H,17,19). The minimum atomic E-state index is -3.78. The Kier molecular flexibility index (Phi) is 8.30. The lowest BCUT2D eigenvalue weighted by molar-refractivity contribution is -0.150. The van der Waals surface area contributed by atoms with Crippen LogP contribution in [-0.4, -0.2) is 58.0 Å². The number of methoxy groups -OCH3 is 1. The number of ether oxygens (including phenoxy) is 2. The monoisotopic (exact) mass is 392 g/mol. The van der Waals surface area contributed by atoms with E-state index >= 15 is 0 Å². The Morgan fingerprint density at radius 2 is 1.84 bits per heavy atom. The van der Waals surface area contributed by atoms with Crippen LogP contribution in [-0.2, 0) is 29.1 Å². The molecule has 0 saturated carbocycles. The third-order valence-electron chi connectivity index (χ3n) is 3.16. The highest BCUT2D eigenvalue weighted by Gasteiger charge is 2.25. The molecule has 8 nitrogen and oxygen atoms in total. The van der Waals surface area contributed by atoms with Crippen molar-refractivity contribution in [2.45, 2.75) is 18.7 Å². The summed E-state index contributed by atoms with van der Waals surface area (Å²) >= 11 is 6.01. The lowest BCUT2D eigenvalue weighted by Gasteiger charge is -2.19. The Morgan fingerprint density at radius 3 is 2.40 bits per heavy atom. The zero-order chi connectivity index (χ0) is 19.0. The van der Waals surface area contributed by atoms with Crippen molar-refractivity contribution in [1.82, 2.24) is 4.31 Å². The lowest BCUT2D eigenvalue weighted by Crippen LogP contribution is -2.31. The summed E-state index contributed by atoms with van der Waals surface area (Å²) in [7, 11) is -2.45. The molecule has 0 aliphatic rings. The van der Waals surface area contributed by atoms with E-state index in [9.17, 15) is 18.0 Å². The zero-order valence-corrected chi connectivity index (χ0v) is 15.8. The zero-order valence-electron chi connectivity index (χ0n) is 14.2. The predicted octanol–water partition coefficient (Wildman–Crippen LogP) is 1.50. The number of hydrogen-bond acceptors (Lipinski definition) is 6. The van der Waals surface area contributed by atoms with Crippen LogP contribution in [0.15, 0.2) is 23.1 Å². The number of benzene rings is 1. The Bertz CT molecular complexity index is 719. The van der Waals surface area contributed by atoms with Gasteiger partial charge in [-0.05, 0) is 18.2 Å². The molecule has 1 amide bonds. The molecule has 0 aliphatic carbocycles. The maximum Gasteiger partial charge on any atom is 0.332 e.